The lowest BCUT2D eigenvalue weighted by Crippen LogP contribution is -2.34. The SMILES string of the molecule is Cc1ccc2c(oc3ncc4c(c32)C(C)(C)CCC4(C)C)c1-c1cc(CC2CCCC2)cc[n+]1C. The van der Waals surface area contributed by atoms with E-state index < -0.39 is 0 Å². The molecule has 1 saturated carbocycles. The minimum absolute atomic E-state index is 0.0970. The van der Waals surface area contributed by atoms with Crippen molar-refractivity contribution in [2.45, 2.75) is 90.4 Å². The summed E-state index contributed by atoms with van der Waals surface area (Å²) in [5.74, 6) is 0.833. The van der Waals surface area contributed by atoms with Gasteiger partial charge in [-0.15, -0.1) is 0 Å². The molecule has 0 amide bonds. The molecule has 0 unspecified atom stereocenters. The summed E-state index contributed by atoms with van der Waals surface area (Å²) in [6.07, 6.45) is 13.4. The quantitative estimate of drug-likeness (QED) is 0.287. The van der Waals surface area contributed by atoms with E-state index in [-0.39, 0.29) is 10.8 Å². The standard InChI is InChI=1S/C32H39N2O/c1-20-11-12-23-27-28-24(31(2,3)14-15-32(28,4)5)19-33-30(27)35-29(23)26(20)25-18-22(13-16-34(25)6)17-21-9-7-8-10-21/h11-13,16,18-19,21H,7-10,14-15,17H2,1-6H3/q+1. The molecule has 0 radical (unpaired) electrons. The minimum atomic E-state index is 0.0970. The molecule has 0 spiro atoms. The number of hydrogen-bond acceptors (Lipinski definition) is 2. The van der Waals surface area contributed by atoms with Crippen LogP contribution in [0.3, 0.4) is 0 Å². The van der Waals surface area contributed by atoms with Gasteiger partial charge in [0.1, 0.15) is 7.05 Å². The van der Waals surface area contributed by atoms with Crippen LogP contribution in [0.5, 0.6) is 0 Å². The van der Waals surface area contributed by atoms with E-state index in [1.54, 1.807) is 0 Å². The molecule has 182 valence electrons. The van der Waals surface area contributed by atoms with Crippen molar-refractivity contribution in [3.8, 4) is 11.3 Å². The molecule has 0 N–H and O–H groups in total. The number of fused-ring (bicyclic) bond motifs is 5. The fraction of sp³-hybridized carbons (Fsp3) is 0.500. The van der Waals surface area contributed by atoms with Gasteiger partial charge in [-0.1, -0.05) is 65.5 Å². The highest BCUT2D eigenvalue weighted by atomic mass is 16.3. The van der Waals surface area contributed by atoms with Gasteiger partial charge in [-0.25, -0.2) is 9.55 Å². The van der Waals surface area contributed by atoms with Crippen LogP contribution in [0.1, 0.15) is 88.5 Å². The van der Waals surface area contributed by atoms with Crippen LogP contribution in [0.15, 0.2) is 41.1 Å². The number of aryl methyl sites for hydroxylation is 2. The first-order chi connectivity index (χ1) is 16.7. The van der Waals surface area contributed by atoms with Crippen molar-refractivity contribution >= 4 is 22.1 Å². The molecule has 4 aromatic rings. The summed E-state index contributed by atoms with van der Waals surface area (Å²) in [7, 11) is 2.15. The molecule has 6 rings (SSSR count). The number of furan rings is 1. The first kappa shape index (κ1) is 22.8. The molecular formula is C32H39N2O+. The Morgan fingerprint density at radius 1 is 1.03 bits per heavy atom. The summed E-state index contributed by atoms with van der Waals surface area (Å²) < 4.78 is 8.90. The van der Waals surface area contributed by atoms with Crippen LogP contribution in [0.2, 0.25) is 0 Å². The van der Waals surface area contributed by atoms with Gasteiger partial charge in [-0.3, -0.25) is 0 Å². The van der Waals surface area contributed by atoms with E-state index in [2.05, 4.69) is 82.9 Å². The molecule has 3 heteroatoms. The zero-order valence-electron chi connectivity index (χ0n) is 22.3. The van der Waals surface area contributed by atoms with Crippen molar-refractivity contribution in [1.82, 2.24) is 4.98 Å². The second-order valence-corrected chi connectivity index (χ2v) is 12.6. The monoisotopic (exact) mass is 467 g/mol. The van der Waals surface area contributed by atoms with E-state index >= 15 is 0 Å². The average Bonchev–Trinajstić information content (AvgIpc) is 3.45. The van der Waals surface area contributed by atoms with Gasteiger partial charge in [-0.2, -0.15) is 0 Å². The predicted molar refractivity (Wildman–Crippen MR) is 144 cm³/mol. The van der Waals surface area contributed by atoms with Crippen LogP contribution in [0, 0.1) is 12.8 Å². The lowest BCUT2D eigenvalue weighted by Gasteiger charge is -2.41. The zero-order valence-corrected chi connectivity index (χ0v) is 22.3. The van der Waals surface area contributed by atoms with E-state index in [0.29, 0.717) is 0 Å². The third-order valence-corrected chi connectivity index (χ3v) is 9.13. The smallest absolute Gasteiger partial charge is 0.227 e. The van der Waals surface area contributed by atoms with E-state index in [0.717, 1.165) is 17.2 Å². The molecule has 0 aliphatic heterocycles. The average molecular weight is 468 g/mol. The molecule has 1 aromatic carbocycles. The van der Waals surface area contributed by atoms with Gasteiger partial charge < -0.3 is 4.42 Å². The molecule has 3 aromatic heterocycles. The first-order valence-electron chi connectivity index (χ1n) is 13.5. The molecule has 0 saturated heterocycles. The third-order valence-electron chi connectivity index (χ3n) is 9.13. The Kier molecular flexibility index (Phi) is 5.15. The van der Waals surface area contributed by atoms with Gasteiger partial charge in [0.05, 0.1) is 10.9 Å². The maximum Gasteiger partial charge on any atom is 0.227 e. The maximum atomic E-state index is 6.65. The summed E-state index contributed by atoms with van der Waals surface area (Å²) in [5.41, 5.74) is 9.93. The molecule has 3 nitrogen and oxygen atoms in total. The number of benzene rings is 1. The van der Waals surface area contributed by atoms with Gasteiger partial charge in [0, 0.05) is 23.7 Å². The molecule has 2 aliphatic carbocycles. The summed E-state index contributed by atoms with van der Waals surface area (Å²) in [4.78, 5) is 4.89. The Hall–Kier alpha value is -2.68. The number of pyridine rings is 2. The van der Waals surface area contributed by atoms with E-state index in [1.807, 2.05) is 0 Å². The van der Waals surface area contributed by atoms with Crippen LogP contribution in [0.25, 0.3) is 33.3 Å². The number of rotatable bonds is 3. The molecule has 2 aliphatic rings. The fourth-order valence-corrected chi connectivity index (χ4v) is 6.86. The molecule has 3 heterocycles. The first-order valence-corrected chi connectivity index (χ1v) is 13.5. The van der Waals surface area contributed by atoms with Gasteiger partial charge in [-0.05, 0) is 65.2 Å². The molecule has 0 atom stereocenters. The van der Waals surface area contributed by atoms with Gasteiger partial charge in [0.2, 0.25) is 11.4 Å². The van der Waals surface area contributed by atoms with Crippen molar-refractivity contribution in [2.24, 2.45) is 13.0 Å². The zero-order chi connectivity index (χ0) is 24.5. The Morgan fingerprint density at radius 2 is 1.77 bits per heavy atom. The molecule has 35 heavy (non-hydrogen) atoms. The van der Waals surface area contributed by atoms with Crippen molar-refractivity contribution in [3.63, 3.8) is 0 Å². The number of nitrogens with zero attached hydrogens (tertiary/aromatic N) is 2. The largest absolute Gasteiger partial charge is 0.437 e. The predicted octanol–water partition coefficient (Wildman–Crippen LogP) is 7.86. The van der Waals surface area contributed by atoms with Crippen molar-refractivity contribution in [3.05, 3.63) is 58.9 Å². The minimum Gasteiger partial charge on any atom is -0.437 e. The highest BCUT2D eigenvalue weighted by molar-refractivity contribution is 6.11. The summed E-state index contributed by atoms with van der Waals surface area (Å²) in [6.45, 7) is 11.7. The van der Waals surface area contributed by atoms with Crippen molar-refractivity contribution in [2.75, 3.05) is 0 Å². The normalized spacial score (nSPS) is 19.5. The highest BCUT2D eigenvalue weighted by Crippen LogP contribution is 2.50. The Labute approximate surface area is 209 Å². The van der Waals surface area contributed by atoms with Crippen LogP contribution in [-0.2, 0) is 24.3 Å². The van der Waals surface area contributed by atoms with Crippen molar-refractivity contribution in [1.29, 1.82) is 0 Å². The Morgan fingerprint density at radius 3 is 2.54 bits per heavy atom. The molecular weight excluding hydrogens is 428 g/mol. The maximum absolute atomic E-state index is 6.65. The molecule has 0 bridgehead atoms. The lowest BCUT2D eigenvalue weighted by molar-refractivity contribution is -0.660. The van der Waals surface area contributed by atoms with E-state index in [1.165, 1.54) is 89.2 Å². The van der Waals surface area contributed by atoms with Gasteiger partial charge in [0.15, 0.2) is 11.8 Å². The van der Waals surface area contributed by atoms with Gasteiger partial charge >= 0.3 is 0 Å². The second-order valence-electron chi connectivity index (χ2n) is 12.6. The lowest BCUT2D eigenvalue weighted by atomic mass is 9.63. The van der Waals surface area contributed by atoms with Crippen LogP contribution in [0.4, 0.5) is 0 Å². The number of hydrogen-bond donors (Lipinski definition) is 0. The summed E-state index contributed by atoms with van der Waals surface area (Å²) >= 11 is 0. The summed E-state index contributed by atoms with van der Waals surface area (Å²) in [5, 5.41) is 2.43. The summed E-state index contributed by atoms with van der Waals surface area (Å²) in [6, 6.07) is 9.25. The van der Waals surface area contributed by atoms with Crippen LogP contribution >= 0.6 is 0 Å². The van der Waals surface area contributed by atoms with E-state index in [9.17, 15) is 0 Å². The Bertz CT molecular complexity index is 1450. The third kappa shape index (κ3) is 3.61. The van der Waals surface area contributed by atoms with Crippen LogP contribution in [-0.4, -0.2) is 4.98 Å². The van der Waals surface area contributed by atoms with Crippen LogP contribution < -0.4 is 4.57 Å². The topological polar surface area (TPSA) is 29.9 Å². The molecule has 1 fully saturated rings. The van der Waals surface area contributed by atoms with Gasteiger partial charge in [0.25, 0.3) is 0 Å². The van der Waals surface area contributed by atoms with E-state index in [4.69, 9.17) is 9.40 Å². The fourth-order valence-electron chi connectivity index (χ4n) is 6.86. The Balaban J connectivity index is 1.60. The van der Waals surface area contributed by atoms with Crippen molar-refractivity contribution < 1.29 is 8.98 Å². The number of aromatic nitrogens is 2. The second kappa shape index (κ2) is 7.91. The highest BCUT2D eigenvalue weighted by Gasteiger charge is 2.40.